The predicted molar refractivity (Wildman–Crippen MR) is 91.0 cm³/mol. The minimum absolute atomic E-state index is 0.0199. The second kappa shape index (κ2) is 8.32. The van der Waals surface area contributed by atoms with Gasteiger partial charge in [-0.3, -0.25) is 4.72 Å². The number of alkyl halides is 3. The summed E-state index contributed by atoms with van der Waals surface area (Å²) < 4.78 is 89.1. The van der Waals surface area contributed by atoms with Gasteiger partial charge in [-0.1, -0.05) is 11.6 Å². The lowest BCUT2D eigenvalue weighted by atomic mass is 10.2. The molecular formula is C16H14ClF4NO4S. The maximum absolute atomic E-state index is 13.1. The van der Waals surface area contributed by atoms with Crippen LogP contribution in [0.3, 0.4) is 0 Å². The van der Waals surface area contributed by atoms with Gasteiger partial charge in [0.05, 0.1) is 22.9 Å². The molecule has 0 atom stereocenters. The summed E-state index contributed by atoms with van der Waals surface area (Å²) in [7, 11) is -3.00. The van der Waals surface area contributed by atoms with Crippen LogP contribution in [0.1, 0.15) is 5.56 Å². The molecule has 0 heterocycles. The Labute approximate surface area is 157 Å². The highest BCUT2D eigenvalue weighted by Gasteiger charge is 2.32. The standard InChI is InChI=1S/C16H14ClF4NO4S/c1-25-6-7-26-14-4-2-10(16(19,20)21)8-13(14)22-27(23,24)15-5-3-11(18)9-12(15)17/h2-5,8-9,22H,6-7H2,1H3. The van der Waals surface area contributed by atoms with Crippen LogP contribution in [0, 0.1) is 5.82 Å². The minimum atomic E-state index is -4.70. The zero-order chi connectivity index (χ0) is 20.2. The van der Waals surface area contributed by atoms with E-state index < -0.39 is 43.2 Å². The summed E-state index contributed by atoms with van der Waals surface area (Å²) in [5.74, 6) is -0.900. The number of sulfonamides is 1. The molecule has 0 radical (unpaired) electrons. The highest BCUT2D eigenvalue weighted by molar-refractivity contribution is 7.92. The molecular weight excluding hydrogens is 414 g/mol. The predicted octanol–water partition coefficient (Wildman–Crippen LogP) is 4.32. The Kier molecular flexibility index (Phi) is 6.55. The van der Waals surface area contributed by atoms with Crippen LogP contribution < -0.4 is 9.46 Å². The molecule has 148 valence electrons. The van der Waals surface area contributed by atoms with Crippen molar-refractivity contribution in [1.29, 1.82) is 0 Å². The van der Waals surface area contributed by atoms with Crippen molar-refractivity contribution in [1.82, 2.24) is 0 Å². The fourth-order valence-corrected chi connectivity index (χ4v) is 3.63. The van der Waals surface area contributed by atoms with Gasteiger partial charge >= 0.3 is 6.18 Å². The van der Waals surface area contributed by atoms with Crippen molar-refractivity contribution in [2.45, 2.75) is 11.1 Å². The first-order chi connectivity index (χ1) is 12.5. The third kappa shape index (κ3) is 5.47. The summed E-state index contributed by atoms with van der Waals surface area (Å²) in [5, 5.41) is -0.420. The first-order valence-electron chi connectivity index (χ1n) is 7.35. The van der Waals surface area contributed by atoms with Crippen molar-refractivity contribution in [3.63, 3.8) is 0 Å². The highest BCUT2D eigenvalue weighted by atomic mass is 35.5. The minimum Gasteiger partial charge on any atom is -0.489 e. The number of halogens is 5. The highest BCUT2D eigenvalue weighted by Crippen LogP contribution is 2.36. The Bertz CT molecular complexity index is 919. The molecule has 0 aromatic heterocycles. The van der Waals surface area contributed by atoms with E-state index >= 15 is 0 Å². The number of methoxy groups -OCH3 is 1. The van der Waals surface area contributed by atoms with E-state index in [2.05, 4.69) is 0 Å². The molecule has 1 N–H and O–H groups in total. The average molecular weight is 428 g/mol. The van der Waals surface area contributed by atoms with Crippen LogP contribution in [0.15, 0.2) is 41.3 Å². The van der Waals surface area contributed by atoms with Crippen molar-refractivity contribution in [3.8, 4) is 5.75 Å². The fraction of sp³-hybridized carbons (Fsp3) is 0.250. The van der Waals surface area contributed by atoms with Crippen LogP contribution in [0.25, 0.3) is 0 Å². The number of hydrogen-bond donors (Lipinski definition) is 1. The van der Waals surface area contributed by atoms with E-state index in [1.54, 1.807) is 0 Å². The molecule has 2 rings (SSSR count). The number of anilines is 1. The summed E-state index contributed by atoms with van der Waals surface area (Å²) in [5.41, 5.74) is -1.52. The number of nitrogens with one attached hydrogen (secondary N) is 1. The number of benzene rings is 2. The molecule has 0 aliphatic rings. The lowest BCUT2D eigenvalue weighted by molar-refractivity contribution is -0.137. The van der Waals surface area contributed by atoms with Gasteiger partial charge in [0, 0.05) is 7.11 Å². The summed E-state index contributed by atoms with van der Waals surface area (Å²) >= 11 is 5.74. The number of ether oxygens (including phenoxy) is 2. The van der Waals surface area contributed by atoms with Gasteiger partial charge in [0.1, 0.15) is 23.1 Å². The molecule has 0 saturated carbocycles. The molecule has 0 fully saturated rings. The van der Waals surface area contributed by atoms with Gasteiger partial charge in [0.2, 0.25) is 0 Å². The second-order valence-corrected chi connectivity index (χ2v) is 7.29. The molecule has 0 unspecified atom stereocenters. The monoisotopic (exact) mass is 427 g/mol. The van der Waals surface area contributed by atoms with E-state index in [4.69, 9.17) is 21.1 Å². The van der Waals surface area contributed by atoms with E-state index in [9.17, 15) is 26.0 Å². The first kappa shape index (κ1) is 21.3. The molecule has 0 aliphatic carbocycles. The summed E-state index contributed by atoms with van der Waals surface area (Å²) in [6, 6.07) is 4.88. The Morgan fingerprint density at radius 1 is 1.11 bits per heavy atom. The molecule has 0 aliphatic heterocycles. The first-order valence-corrected chi connectivity index (χ1v) is 9.21. The lowest BCUT2D eigenvalue weighted by Gasteiger charge is -2.16. The van der Waals surface area contributed by atoms with Crippen molar-refractivity contribution in [2.24, 2.45) is 0 Å². The summed E-state index contributed by atoms with van der Waals surface area (Å²) in [4.78, 5) is -0.495. The van der Waals surface area contributed by atoms with Crippen molar-refractivity contribution >= 4 is 27.3 Å². The van der Waals surface area contributed by atoms with Gasteiger partial charge < -0.3 is 9.47 Å². The maximum Gasteiger partial charge on any atom is 0.416 e. The third-order valence-electron chi connectivity index (χ3n) is 3.28. The van der Waals surface area contributed by atoms with E-state index in [-0.39, 0.29) is 19.0 Å². The largest absolute Gasteiger partial charge is 0.489 e. The van der Waals surface area contributed by atoms with E-state index in [1.807, 2.05) is 4.72 Å². The molecule has 2 aromatic carbocycles. The molecule has 0 saturated heterocycles. The zero-order valence-corrected chi connectivity index (χ0v) is 15.4. The van der Waals surface area contributed by atoms with Crippen LogP contribution in [0.4, 0.5) is 23.2 Å². The van der Waals surface area contributed by atoms with E-state index in [0.717, 1.165) is 30.3 Å². The smallest absolute Gasteiger partial charge is 0.416 e. The number of hydrogen-bond acceptors (Lipinski definition) is 4. The average Bonchev–Trinajstić information content (AvgIpc) is 2.54. The van der Waals surface area contributed by atoms with Crippen LogP contribution in [-0.4, -0.2) is 28.7 Å². The Morgan fingerprint density at radius 2 is 1.81 bits per heavy atom. The normalized spacial score (nSPS) is 12.1. The Morgan fingerprint density at radius 3 is 2.41 bits per heavy atom. The Hall–Kier alpha value is -2.04. The van der Waals surface area contributed by atoms with Gasteiger partial charge in [-0.15, -0.1) is 0 Å². The molecule has 27 heavy (non-hydrogen) atoms. The zero-order valence-electron chi connectivity index (χ0n) is 13.8. The van der Waals surface area contributed by atoms with Crippen LogP contribution in [-0.2, 0) is 20.9 Å². The van der Waals surface area contributed by atoms with Gasteiger partial charge in [0.25, 0.3) is 10.0 Å². The quantitative estimate of drug-likeness (QED) is 0.528. The fourth-order valence-electron chi connectivity index (χ4n) is 2.04. The van der Waals surface area contributed by atoms with Gasteiger partial charge in [0.15, 0.2) is 0 Å². The van der Waals surface area contributed by atoms with Crippen molar-refractivity contribution in [3.05, 3.63) is 52.8 Å². The van der Waals surface area contributed by atoms with Crippen LogP contribution >= 0.6 is 11.6 Å². The van der Waals surface area contributed by atoms with Gasteiger partial charge in [-0.25, -0.2) is 12.8 Å². The summed E-state index contributed by atoms with van der Waals surface area (Å²) in [6.07, 6.45) is -4.70. The second-order valence-electron chi connectivity index (χ2n) is 5.23. The molecule has 11 heteroatoms. The molecule has 0 spiro atoms. The van der Waals surface area contributed by atoms with Crippen LogP contribution in [0.2, 0.25) is 5.02 Å². The lowest BCUT2D eigenvalue weighted by Crippen LogP contribution is -2.16. The van der Waals surface area contributed by atoms with E-state index in [1.165, 1.54) is 7.11 Å². The summed E-state index contributed by atoms with van der Waals surface area (Å²) in [6.45, 7) is 0.116. The van der Waals surface area contributed by atoms with E-state index in [0.29, 0.717) is 6.07 Å². The Balaban J connectivity index is 2.44. The van der Waals surface area contributed by atoms with Gasteiger partial charge in [-0.2, -0.15) is 13.2 Å². The maximum atomic E-state index is 13.1. The van der Waals surface area contributed by atoms with Crippen LogP contribution in [0.5, 0.6) is 5.75 Å². The van der Waals surface area contributed by atoms with Crippen molar-refractivity contribution < 1.29 is 35.5 Å². The van der Waals surface area contributed by atoms with Crippen molar-refractivity contribution in [2.75, 3.05) is 25.0 Å². The third-order valence-corrected chi connectivity index (χ3v) is 5.13. The molecule has 5 nitrogen and oxygen atoms in total. The molecule has 2 aromatic rings. The molecule has 0 bridgehead atoms. The number of rotatable bonds is 7. The SMILES string of the molecule is COCCOc1ccc(C(F)(F)F)cc1NS(=O)(=O)c1ccc(F)cc1Cl. The molecule has 0 amide bonds. The van der Waals surface area contributed by atoms with Gasteiger partial charge in [-0.05, 0) is 36.4 Å². The topological polar surface area (TPSA) is 64.6 Å².